The Labute approximate surface area is 185 Å². The molecule has 2 rings (SSSR count). The maximum Gasteiger partial charge on any atom is 0.306 e. The molecule has 160 valence electrons. The van der Waals surface area contributed by atoms with Gasteiger partial charge in [0.1, 0.15) is 5.75 Å². The molecule has 0 bridgehead atoms. The van der Waals surface area contributed by atoms with E-state index in [9.17, 15) is 16.8 Å². The standard InChI is InChI=1S/C9H9ClO3S.C8H7ClO.CH3ClO2S/c1-3-7-8(10)5-4-6-9(7)13-14(2,11)12;1-2-6-7(9)4-3-5-8(6)10;1-5(2,3)4/h3-6H,1H2,2H3;2-5,10H,1H2;1H3. The average Bonchev–Trinajstić information content (AvgIpc) is 2.53. The molecule has 0 saturated carbocycles. The summed E-state index contributed by atoms with van der Waals surface area (Å²) in [6.07, 6.45) is 4.87. The van der Waals surface area contributed by atoms with Crippen molar-refractivity contribution in [1.82, 2.24) is 0 Å². The summed E-state index contributed by atoms with van der Waals surface area (Å²) in [5, 5.41) is 10.1. The zero-order valence-electron chi connectivity index (χ0n) is 15.5. The van der Waals surface area contributed by atoms with Crippen LogP contribution in [0.1, 0.15) is 11.1 Å². The first-order valence-electron chi connectivity index (χ1n) is 7.49. The number of phenolic OH excluding ortho intramolecular Hbond substituents is 1. The van der Waals surface area contributed by atoms with E-state index in [2.05, 4.69) is 23.8 Å². The van der Waals surface area contributed by atoms with E-state index in [4.69, 9.17) is 32.5 Å². The van der Waals surface area contributed by atoms with Crippen LogP contribution in [0, 0.1) is 0 Å². The molecule has 0 aliphatic rings. The van der Waals surface area contributed by atoms with E-state index in [1.165, 1.54) is 18.2 Å². The minimum absolute atomic E-state index is 0.169. The van der Waals surface area contributed by atoms with Gasteiger partial charge < -0.3 is 9.29 Å². The van der Waals surface area contributed by atoms with Gasteiger partial charge in [-0.15, -0.1) is 0 Å². The van der Waals surface area contributed by atoms with Crippen molar-refractivity contribution in [2.75, 3.05) is 12.5 Å². The van der Waals surface area contributed by atoms with Gasteiger partial charge in [0, 0.05) is 21.8 Å². The summed E-state index contributed by atoms with van der Waals surface area (Å²) < 4.78 is 45.3. The number of halogens is 3. The summed E-state index contributed by atoms with van der Waals surface area (Å²) in [6.45, 7) is 7.03. The molecule has 29 heavy (non-hydrogen) atoms. The predicted octanol–water partition coefficient (Wildman–Crippen LogP) is 5.19. The molecule has 0 atom stereocenters. The van der Waals surface area contributed by atoms with Crippen LogP contribution in [0.2, 0.25) is 10.0 Å². The van der Waals surface area contributed by atoms with E-state index in [1.54, 1.807) is 30.3 Å². The van der Waals surface area contributed by atoms with Crippen LogP contribution in [0.15, 0.2) is 49.6 Å². The van der Waals surface area contributed by atoms with E-state index >= 15 is 0 Å². The lowest BCUT2D eigenvalue weighted by Crippen LogP contribution is -2.06. The molecule has 11 heteroatoms. The summed E-state index contributed by atoms with van der Waals surface area (Å²) in [4.78, 5) is 0. The van der Waals surface area contributed by atoms with Crippen LogP contribution < -0.4 is 4.18 Å². The Balaban J connectivity index is 0.000000455. The fraction of sp³-hybridized carbons (Fsp3) is 0.111. The molecule has 0 aliphatic carbocycles. The van der Waals surface area contributed by atoms with Crippen LogP contribution in [-0.4, -0.2) is 34.5 Å². The van der Waals surface area contributed by atoms with Gasteiger partial charge >= 0.3 is 10.1 Å². The molecule has 0 fully saturated rings. The van der Waals surface area contributed by atoms with Gasteiger partial charge in [0.2, 0.25) is 9.05 Å². The normalized spacial score (nSPS) is 10.5. The Morgan fingerprint density at radius 3 is 1.66 bits per heavy atom. The number of benzene rings is 2. The van der Waals surface area contributed by atoms with Crippen molar-refractivity contribution in [3.63, 3.8) is 0 Å². The monoisotopic (exact) mass is 500 g/mol. The molecular weight excluding hydrogens is 483 g/mol. The molecule has 0 aliphatic heterocycles. The molecule has 0 amide bonds. The van der Waals surface area contributed by atoms with Gasteiger partial charge in [0.05, 0.1) is 22.6 Å². The SMILES string of the molecule is C=Cc1c(Cl)cccc1OS(C)(=O)=O.C=Cc1c(O)cccc1Cl.CS(=O)(=O)Cl. The van der Waals surface area contributed by atoms with E-state index in [1.807, 2.05) is 0 Å². The summed E-state index contributed by atoms with van der Waals surface area (Å²) in [6, 6.07) is 9.72. The highest BCUT2D eigenvalue weighted by Crippen LogP contribution is 2.28. The maximum atomic E-state index is 10.9. The number of rotatable bonds is 4. The van der Waals surface area contributed by atoms with Crippen molar-refractivity contribution in [3.8, 4) is 11.5 Å². The lowest BCUT2D eigenvalue weighted by atomic mass is 10.2. The predicted molar refractivity (Wildman–Crippen MR) is 121 cm³/mol. The molecule has 2 aromatic carbocycles. The molecular formula is C18H19Cl3O6S2. The Bertz CT molecular complexity index is 1040. The van der Waals surface area contributed by atoms with Crippen LogP contribution in [0.4, 0.5) is 0 Å². The Kier molecular flexibility index (Phi) is 11.4. The highest BCUT2D eigenvalue weighted by molar-refractivity contribution is 8.13. The summed E-state index contributed by atoms with van der Waals surface area (Å²) in [5.74, 6) is 0.359. The van der Waals surface area contributed by atoms with Crippen molar-refractivity contribution < 1.29 is 26.1 Å². The van der Waals surface area contributed by atoms with E-state index in [0.717, 1.165) is 12.5 Å². The van der Waals surface area contributed by atoms with E-state index in [0.29, 0.717) is 21.2 Å². The Hall–Kier alpha value is -1.71. The second kappa shape index (κ2) is 12.1. The first-order chi connectivity index (χ1) is 13.2. The Morgan fingerprint density at radius 1 is 0.897 bits per heavy atom. The van der Waals surface area contributed by atoms with Crippen molar-refractivity contribution >= 4 is 65.2 Å². The fourth-order valence-electron chi connectivity index (χ4n) is 1.68. The summed E-state index contributed by atoms with van der Waals surface area (Å²) >= 11 is 11.5. The minimum atomic E-state index is -3.53. The highest BCUT2D eigenvalue weighted by atomic mass is 35.7. The fourth-order valence-corrected chi connectivity index (χ4v) is 2.64. The van der Waals surface area contributed by atoms with Crippen LogP contribution in [0.3, 0.4) is 0 Å². The van der Waals surface area contributed by atoms with Gasteiger partial charge in [-0.05, 0) is 24.3 Å². The molecule has 0 aromatic heterocycles. The molecule has 6 nitrogen and oxygen atoms in total. The van der Waals surface area contributed by atoms with Crippen LogP contribution in [0.5, 0.6) is 11.5 Å². The number of hydrogen-bond donors (Lipinski definition) is 1. The van der Waals surface area contributed by atoms with Gasteiger partial charge in [-0.3, -0.25) is 0 Å². The van der Waals surface area contributed by atoms with Gasteiger partial charge in [-0.2, -0.15) is 8.42 Å². The second-order valence-corrected chi connectivity index (χ2v) is 10.6. The van der Waals surface area contributed by atoms with Gasteiger partial charge in [-0.1, -0.05) is 60.6 Å². The lowest BCUT2D eigenvalue weighted by Gasteiger charge is -2.07. The quantitative estimate of drug-likeness (QED) is 0.457. The largest absolute Gasteiger partial charge is 0.507 e. The van der Waals surface area contributed by atoms with Crippen LogP contribution in [0.25, 0.3) is 12.2 Å². The van der Waals surface area contributed by atoms with Crippen LogP contribution >= 0.6 is 33.9 Å². The zero-order valence-corrected chi connectivity index (χ0v) is 19.4. The van der Waals surface area contributed by atoms with Gasteiger partial charge in [0.15, 0.2) is 5.75 Å². The topological polar surface area (TPSA) is 97.7 Å². The second-order valence-electron chi connectivity index (χ2n) is 5.20. The first kappa shape index (κ1) is 27.3. The smallest absolute Gasteiger partial charge is 0.306 e. The maximum absolute atomic E-state index is 10.9. The summed E-state index contributed by atoms with van der Waals surface area (Å²) in [5.41, 5.74) is 1.06. The van der Waals surface area contributed by atoms with Crippen molar-refractivity contribution in [1.29, 1.82) is 0 Å². The van der Waals surface area contributed by atoms with Gasteiger partial charge in [-0.25, -0.2) is 8.42 Å². The van der Waals surface area contributed by atoms with E-state index < -0.39 is 19.2 Å². The number of phenols is 1. The highest BCUT2D eigenvalue weighted by Gasteiger charge is 2.09. The molecule has 1 N–H and O–H groups in total. The van der Waals surface area contributed by atoms with Crippen molar-refractivity contribution in [3.05, 3.63) is 70.7 Å². The molecule has 2 aromatic rings. The molecule has 0 heterocycles. The van der Waals surface area contributed by atoms with E-state index in [-0.39, 0.29) is 11.5 Å². The van der Waals surface area contributed by atoms with Crippen molar-refractivity contribution in [2.24, 2.45) is 0 Å². The molecule has 0 unspecified atom stereocenters. The third-order valence-corrected chi connectivity index (χ3v) is 3.83. The average molecular weight is 502 g/mol. The number of aromatic hydroxyl groups is 1. The Morgan fingerprint density at radius 2 is 1.31 bits per heavy atom. The van der Waals surface area contributed by atoms with Crippen molar-refractivity contribution in [2.45, 2.75) is 0 Å². The number of hydrogen-bond acceptors (Lipinski definition) is 6. The molecule has 0 radical (unpaired) electrons. The molecule has 0 saturated heterocycles. The van der Waals surface area contributed by atoms with Crippen LogP contribution in [-0.2, 0) is 19.2 Å². The lowest BCUT2D eigenvalue weighted by molar-refractivity contribution is 0.474. The minimum Gasteiger partial charge on any atom is -0.507 e. The third kappa shape index (κ3) is 12.5. The zero-order chi connectivity index (χ0) is 22.8. The summed E-state index contributed by atoms with van der Waals surface area (Å²) in [7, 11) is -2.23. The van der Waals surface area contributed by atoms with Gasteiger partial charge in [0.25, 0.3) is 0 Å². The third-order valence-electron chi connectivity index (χ3n) is 2.69. The first-order valence-corrected chi connectivity index (χ1v) is 12.8. The molecule has 0 spiro atoms.